The fourth-order valence-corrected chi connectivity index (χ4v) is 2.82. The Morgan fingerprint density at radius 2 is 2.11 bits per heavy atom. The summed E-state index contributed by atoms with van der Waals surface area (Å²) >= 11 is 3.39. The van der Waals surface area contributed by atoms with Crippen molar-refractivity contribution < 1.29 is 0 Å². The Hall–Kier alpha value is -1.43. The van der Waals surface area contributed by atoms with Crippen LogP contribution in [0.5, 0.6) is 0 Å². The van der Waals surface area contributed by atoms with E-state index >= 15 is 0 Å². The third kappa shape index (κ3) is 2.63. The van der Waals surface area contributed by atoms with Crippen LogP contribution in [0.1, 0.15) is 30.9 Å². The van der Waals surface area contributed by atoms with Gasteiger partial charge in [0.1, 0.15) is 5.82 Å². The molecule has 0 radical (unpaired) electrons. The van der Waals surface area contributed by atoms with Crippen molar-refractivity contribution in [1.82, 2.24) is 19.3 Å². The number of hydrogen-bond acceptors (Lipinski definition) is 3. The van der Waals surface area contributed by atoms with Gasteiger partial charge in [-0.2, -0.15) is 0 Å². The molecular formula is C13H15BrN4O. The van der Waals surface area contributed by atoms with E-state index < -0.39 is 0 Å². The smallest absolute Gasteiger partial charge is 0.250 e. The van der Waals surface area contributed by atoms with Crippen LogP contribution in [0.15, 0.2) is 27.6 Å². The van der Waals surface area contributed by atoms with Crippen molar-refractivity contribution in [3.63, 3.8) is 0 Å². The molecule has 5 nitrogen and oxygen atoms in total. The van der Waals surface area contributed by atoms with Crippen molar-refractivity contribution in [3.8, 4) is 0 Å². The minimum Gasteiger partial charge on any atom is -0.313 e. The monoisotopic (exact) mass is 322 g/mol. The summed E-state index contributed by atoms with van der Waals surface area (Å²) in [5.41, 5.74) is -0.0193. The molecule has 1 aliphatic heterocycles. The molecule has 2 aromatic rings. The number of halogens is 1. The van der Waals surface area contributed by atoms with E-state index in [-0.39, 0.29) is 5.56 Å². The summed E-state index contributed by atoms with van der Waals surface area (Å²) < 4.78 is 4.72. The van der Waals surface area contributed by atoms with E-state index in [1.807, 2.05) is 0 Å². The number of pyridine rings is 1. The fraction of sp³-hybridized carbons (Fsp3) is 0.462. The Morgan fingerprint density at radius 1 is 1.21 bits per heavy atom. The minimum atomic E-state index is -0.0193. The van der Waals surface area contributed by atoms with Gasteiger partial charge in [-0.25, -0.2) is 0 Å². The maximum atomic E-state index is 11.8. The second kappa shape index (κ2) is 5.28. The van der Waals surface area contributed by atoms with E-state index in [1.54, 1.807) is 22.9 Å². The molecule has 3 rings (SSSR count). The Balaban J connectivity index is 1.93. The largest absolute Gasteiger partial charge is 0.313 e. The van der Waals surface area contributed by atoms with Crippen molar-refractivity contribution in [2.75, 3.05) is 0 Å². The van der Waals surface area contributed by atoms with E-state index in [0.717, 1.165) is 35.5 Å². The summed E-state index contributed by atoms with van der Waals surface area (Å²) in [6.07, 6.45) is 6.35. The van der Waals surface area contributed by atoms with Gasteiger partial charge in [-0.05, 0) is 34.8 Å². The zero-order valence-corrected chi connectivity index (χ0v) is 12.1. The summed E-state index contributed by atoms with van der Waals surface area (Å²) in [7, 11) is 0. The third-order valence-electron chi connectivity index (χ3n) is 3.45. The van der Waals surface area contributed by atoms with E-state index in [2.05, 4.69) is 30.7 Å². The first-order chi connectivity index (χ1) is 9.24. The highest BCUT2D eigenvalue weighted by Crippen LogP contribution is 2.15. The lowest BCUT2D eigenvalue weighted by molar-refractivity contribution is 0.583. The van der Waals surface area contributed by atoms with Gasteiger partial charge < -0.3 is 9.13 Å². The van der Waals surface area contributed by atoms with Gasteiger partial charge >= 0.3 is 0 Å². The van der Waals surface area contributed by atoms with E-state index in [1.165, 1.54) is 12.8 Å². The van der Waals surface area contributed by atoms with Crippen molar-refractivity contribution in [3.05, 3.63) is 44.8 Å². The maximum Gasteiger partial charge on any atom is 0.250 e. The third-order valence-corrected chi connectivity index (χ3v) is 3.91. The van der Waals surface area contributed by atoms with Crippen molar-refractivity contribution >= 4 is 15.9 Å². The molecule has 1 aliphatic rings. The van der Waals surface area contributed by atoms with Gasteiger partial charge in [0.25, 0.3) is 5.56 Å². The molecule has 0 saturated carbocycles. The predicted molar refractivity (Wildman–Crippen MR) is 75.1 cm³/mol. The molecule has 100 valence electrons. The lowest BCUT2D eigenvalue weighted by Gasteiger charge is -2.08. The van der Waals surface area contributed by atoms with Gasteiger partial charge in [0.2, 0.25) is 0 Å². The van der Waals surface area contributed by atoms with Crippen LogP contribution in [0.2, 0.25) is 0 Å². The molecule has 0 aliphatic carbocycles. The molecule has 6 heteroatoms. The van der Waals surface area contributed by atoms with Crippen LogP contribution in [0.25, 0.3) is 0 Å². The number of aromatic nitrogens is 4. The SMILES string of the molecule is O=c1ccc(Br)cn1Cc1nnc2n1CCCCC2. The number of nitrogens with zero attached hydrogens (tertiary/aromatic N) is 4. The molecule has 0 N–H and O–H groups in total. The zero-order chi connectivity index (χ0) is 13.2. The van der Waals surface area contributed by atoms with Crippen molar-refractivity contribution in [2.45, 2.75) is 38.8 Å². The molecule has 2 aromatic heterocycles. The molecule has 0 fully saturated rings. The first kappa shape index (κ1) is 12.6. The predicted octanol–water partition coefficient (Wildman–Crippen LogP) is 1.98. The normalized spacial score (nSPS) is 15.0. The number of aryl methyl sites for hydroxylation is 1. The number of rotatable bonds is 2. The molecule has 0 saturated heterocycles. The number of fused-ring (bicyclic) bond motifs is 1. The van der Waals surface area contributed by atoms with Crippen LogP contribution in [-0.4, -0.2) is 19.3 Å². The molecule has 19 heavy (non-hydrogen) atoms. The highest BCUT2D eigenvalue weighted by molar-refractivity contribution is 9.10. The van der Waals surface area contributed by atoms with Gasteiger partial charge in [-0.15, -0.1) is 10.2 Å². The molecule has 0 unspecified atom stereocenters. The summed E-state index contributed by atoms with van der Waals surface area (Å²) in [6.45, 7) is 1.44. The first-order valence-corrected chi connectivity index (χ1v) is 7.30. The average molecular weight is 323 g/mol. The molecule has 0 aromatic carbocycles. The Kier molecular flexibility index (Phi) is 3.50. The summed E-state index contributed by atoms with van der Waals surface area (Å²) in [5, 5.41) is 8.49. The van der Waals surface area contributed by atoms with Crippen LogP contribution >= 0.6 is 15.9 Å². The van der Waals surface area contributed by atoms with Crippen LogP contribution in [-0.2, 0) is 19.5 Å². The molecule has 0 spiro atoms. The second-order valence-corrected chi connectivity index (χ2v) is 5.72. The van der Waals surface area contributed by atoms with Gasteiger partial charge in [-0.3, -0.25) is 4.79 Å². The second-order valence-electron chi connectivity index (χ2n) is 4.81. The minimum absolute atomic E-state index is 0.0193. The standard InChI is InChI=1S/C13H15BrN4O/c14-10-5-6-13(19)17(8-10)9-12-16-15-11-4-2-1-3-7-18(11)12/h5-6,8H,1-4,7,9H2. The van der Waals surface area contributed by atoms with Crippen molar-refractivity contribution in [2.24, 2.45) is 0 Å². The summed E-state index contributed by atoms with van der Waals surface area (Å²) in [5.74, 6) is 1.92. The van der Waals surface area contributed by atoms with Crippen molar-refractivity contribution in [1.29, 1.82) is 0 Å². The lowest BCUT2D eigenvalue weighted by atomic mass is 10.2. The quantitative estimate of drug-likeness (QED) is 0.849. The lowest BCUT2D eigenvalue weighted by Crippen LogP contribution is -2.21. The Morgan fingerprint density at radius 3 is 3.00 bits per heavy atom. The molecule has 0 atom stereocenters. The van der Waals surface area contributed by atoms with Gasteiger partial charge in [0, 0.05) is 29.7 Å². The summed E-state index contributed by atoms with van der Waals surface area (Å²) in [6, 6.07) is 3.31. The van der Waals surface area contributed by atoms with E-state index in [9.17, 15) is 4.79 Å². The highest BCUT2D eigenvalue weighted by atomic mass is 79.9. The zero-order valence-electron chi connectivity index (χ0n) is 10.5. The Bertz CT molecular complexity index is 646. The molecule has 0 amide bonds. The van der Waals surface area contributed by atoms with Crippen LogP contribution in [0.4, 0.5) is 0 Å². The van der Waals surface area contributed by atoms with E-state index in [4.69, 9.17) is 0 Å². The van der Waals surface area contributed by atoms with Gasteiger partial charge in [0.05, 0.1) is 6.54 Å². The molecule has 0 bridgehead atoms. The maximum absolute atomic E-state index is 11.8. The fourth-order valence-electron chi connectivity index (χ4n) is 2.44. The first-order valence-electron chi connectivity index (χ1n) is 6.51. The van der Waals surface area contributed by atoms with Crippen LogP contribution in [0, 0.1) is 0 Å². The van der Waals surface area contributed by atoms with Crippen LogP contribution < -0.4 is 5.56 Å². The number of hydrogen-bond donors (Lipinski definition) is 0. The van der Waals surface area contributed by atoms with E-state index in [0.29, 0.717) is 6.54 Å². The van der Waals surface area contributed by atoms with Gasteiger partial charge in [0.15, 0.2) is 5.82 Å². The molecular weight excluding hydrogens is 308 g/mol. The molecule has 3 heterocycles. The Labute approximate surface area is 119 Å². The summed E-state index contributed by atoms with van der Waals surface area (Å²) in [4.78, 5) is 11.8. The van der Waals surface area contributed by atoms with Crippen LogP contribution in [0.3, 0.4) is 0 Å². The topological polar surface area (TPSA) is 52.7 Å². The van der Waals surface area contributed by atoms with Gasteiger partial charge in [-0.1, -0.05) is 6.42 Å². The highest BCUT2D eigenvalue weighted by Gasteiger charge is 2.15. The average Bonchev–Trinajstić information content (AvgIpc) is 2.62.